The molecule has 2 atom stereocenters. The predicted octanol–water partition coefficient (Wildman–Crippen LogP) is 10.6. The van der Waals surface area contributed by atoms with E-state index in [1.54, 1.807) is 57.7 Å². The standard InChI is InChI=1S/C26H25FN4O2.C21H17FN4/c1-16(30-25(32)33-26(2,3)4)24-23(21-10-6-8-14-29-21)22(20-9-5-7-13-28-20)18-15-17(27)11-12-19(18)31-24;1-13(23)21-20(18-7-3-5-11-25-18)19(17-6-2-4-10-24-17)15-12-14(22)8-9-16(15)26-21/h5-16H,1-4H3,(H,30,32);2-13H,23H2,1H3. The molecule has 296 valence electrons. The van der Waals surface area contributed by atoms with Crippen LogP contribution in [0.4, 0.5) is 13.6 Å². The molecule has 1 amide bonds. The van der Waals surface area contributed by atoms with Crippen LogP contribution < -0.4 is 11.1 Å². The van der Waals surface area contributed by atoms with Crippen LogP contribution in [0, 0.1) is 11.6 Å². The number of nitrogens with one attached hydrogen (secondary N) is 1. The number of rotatable bonds is 7. The highest BCUT2D eigenvalue weighted by molar-refractivity contribution is 6.03. The monoisotopic (exact) mass is 788 g/mol. The molecule has 0 radical (unpaired) electrons. The second kappa shape index (κ2) is 17.2. The first-order valence-electron chi connectivity index (χ1n) is 19.0. The molecule has 0 aliphatic rings. The number of hydrogen-bond acceptors (Lipinski definition) is 9. The third kappa shape index (κ3) is 9.08. The van der Waals surface area contributed by atoms with Gasteiger partial charge in [-0.25, -0.2) is 18.6 Å². The van der Waals surface area contributed by atoms with Gasteiger partial charge in [0.1, 0.15) is 17.2 Å². The first-order valence-corrected chi connectivity index (χ1v) is 19.0. The first-order chi connectivity index (χ1) is 28.4. The molecule has 0 saturated heterocycles. The number of halogens is 2. The number of nitrogens with zero attached hydrogens (tertiary/aromatic N) is 6. The van der Waals surface area contributed by atoms with Gasteiger partial charge in [0.25, 0.3) is 0 Å². The number of carbonyl (C=O) groups is 1. The molecule has 8 aromatic rings. The Morgan fingerprint density at radius 1 is 0.593 bits per heavy atom. The van der Waals surface area contributed by atoms with Gasteiger partial charge >= 0.3 is 6.09 Å². The van der Waals surface area contributed by atoms with Crippen LogP contribution in [0.2, 0.25) is 0 Å². The molecular weight excluding hydrogens is 747 g/mol. The SMILES string of the molecule is CC(N)c1nc2ccc(F)cc2c(-c2ccccn2)c1-c1ccccn1.CC(NC(=O)OC(C)(C)C)c1nc2ccc(F)cc2c(-c2ccccn2)c1-c1ccccn1. The molecule has 2 unspecified atom stereocenters. The molecule has 2 aromatic carbocycles. The topological polar surface area (TPSA) is 142 Å². The van der Waals surface area contributed by atoms with E-state index in [1.807, 2.05) is 86.6 Å². The van der Waals surface area contributed by atoms with E-state index in [4.69, 9.17) is 20.4 Å². The number of amides is 1. The average molecular weight is 789 g/mol. The van der Waals surface area contributed by atoms with Crippen LogP contribution >= 0.6 is 0 Å². The number of benzene rings is 2. The van der Waals surface area contributed by atoms with Crippen molar-refractivity contribution in [2.24, 2.45) is 5.73 Å². The van der Waals surface area contributed by atoms with Gasteiger partial charge in [-0.15, -0.1) is 0 Å². The zero-order valence-electron chi connectivity index (χ0n) is 33.2. The van der Waals surface area contributed by atoms with Crippen molar-refractivity contribution < 1.29 is 18.3 Å². The third-order valence-electron chi connectivity index (χ3n) is 9.21. The third-order valence-corrected chi connectivity index (χ3v) is 9.21. The minimum Gasteiger partial charge on any atom is -0.444 e. The molecule has 0 aliphatic heterocycles. The summed E-state index contributed by atoms with van der Waals surface area (Å²) in [7, 11) is 0. The molecular formula is C47H42F2N8O2. The number of carbonyl (C=O) groups excluding carboxylic acids is 1. The van der Waals surface area contributed by atoms with Crippen molar-refractivity contribution in [3.8, 4) is 45.0 Å². The van der Waals surface area contributed by atoms with Crippen molar-refractivity contribution in [3.63, 3.8) is 0 Å². The summed E-state index contributed by atoms with van der Waals surface area (Å²) in [5.74, 6) is -0.696. The largest absolute Gasteiger partial charge is 0.444 e. The second-order valence-electron chi connectivity index (χ2n) is 14.8. The van der Waals surface area contributed by atoms with Crippen LogP contribution in [0.3, 0.4) is 0 Å². The van der Waals surface area contributed by atoms with Crippen molar-refractivity contribution in [1.29, 1.82) is 0 Å². The van der Waals surface area contributed by atoms with E-state index in [9.17, 15) is 13.6 Å². The van der Waals surface area contributed by atoms with E-state index in [1.165, 1.54) is 24.3 Å². The van der Waals surface area contributed by atoms with E-state index in [2.05, 4.69) is 25.3 Å². The van der Waals surface area contributed by atoms with Gasteiger partial charge in [-0.2, -0.15) is 0 Å². The number of alkyl carbamates (subject to hydrolysis) is 1. The fourth-order valence-corrected chi connectivity index (χ4v) is 6.80. The summed E-state index contributed by atoms with van der Waals surface area (Å²) in [5.41, 5.74) is 13.9. The molecule has 0 aliphatic carbocycles. The number of hydrogen-bond donors (Lipinski definition) is 2. The van der Waals surface area contributed by atoms with Gasteiger partial charge in [-0.3, -0.25) is 24.9 Å². The minimum atomic E-state index is -0.638. The van der Waals surface area contributed by atoms with E-state index in [0.717, 1.165) is 22.5 Å². The van der Waals surface area contributed by atoms with Gasteiger partial charge in [-0.1, -0.05) is 24.3 Å². The maximum Gasteiger partial charge on any atom is 0.408 e. The number of ether oxygens (including phenoxy) is 1. The number of fused-ring (bicyclic) bond motifs is 2. The molecule has 0 saturated carbocycles. The second-order valence-corrected chi connectivity index (χ2v) is 14.8. The van der Waals surface area contributed by atoms with Gasteiger partial charge < -0.3 is 15.8 Å². The van der Waals surface area contributed by atoms with E-state index in [-0.39, 0.29) is 17.7 Å². The molecule has 0 fully saturated rings. The Labute approximate surface area is 340 Å². The lowest BCUT2D eigenvalue weighted by Gasteiger charge is -2.24. The Kier molecular flexibility index (Phi) is 11.7. The van der Waals surface area contributed by atoms with Gasteiger partial charge in [0.15, 0.2) is 0 Å². The zero-order valence-corrected chi connectivity index (χ0v) is 33.2. The van der Waals surface area contributed by atoms with E-state index in [0.29, 0.717) is 55.7 Å². The van der Waals surface area contributed by atoms with Gasteiger partial charge in [0.2, 0.25) is 0 Å². The highest BCUT2D eigenvalue weighted by atomic mass is 19.1. The van der Waals surface area contributed by atoms with Crippen molar-refractivity contribution in [3.05, 3.63) is 157 Å². The van der Waals surface area contributed by atoms with Crippen molar-refractivity contribution in [2.45, 2.75) is 52.3 Å². The molecule has 0 spiro atoms. The Bertz CT molecular complexity index is 2730. The lowest BCUT2D eigenvalue weighted by Crippen LogP contribution is -2.34. The van der Waals surface area contributed by atoms with Crippen molar-refractivity contribution >= 4 is 27.9 Å². The summed E-state index contributed by atoms with van der Waals surface area (Å²) in [5, 5.41) is 4.17. The lowest BCUT2D eigenvalue weighted by atomic mass is 9.92. The van der Waals surface area contributed by atoms with Gasteiger partial charge in [0, 0.05) is 63.9 Å². The van der Waals surface area contributed by atoms with Gasteiger partial charge in [-0.05, 0) is 120 Å². The van der Waals surface area contributed by atoms with Crippen LogP contribution in [0.15, 0.2) is 134 Å². The molecule has 10 nitrogen and oxygen atoms in total. The summed E-state index contributed by atoms with van der Waals surface area (Å²) in [6, 6.07) is 30.6. The maximum atomic E-state index is 14.3. The summed E-state index contributed by atoms with van der Waals surface area (Å²) in [6.45, 7) is 9.12. The Morgan fingerprint density at radius 3 is 1.36 bits per heavy atom. The summed E-state index contributed by atoms with van der Waals surface area (Å²) < 4.78 is 33.8. The Morgan fingerprint density at radius 2 is 0.983 bits per heavy atom. The van der Waals surface area contributed by atoms with Crippen LogP contribution in [0.25, 0.3) is 66.8 Å². The summed E-state index contributed by atoms with van der Waals surface area (Å²) in [6.07, 6.45) is 6.25. The van der Waals surface area contributed by atoms with Crippen LogP contribution in [-0.4, -0.2) is 41.6 Å². The van der Waals surface area contributed by atoms with Gasteiger partial charge in [0.05, 0.1) is 51.2 Å². The number of pyridine rings is 6. The molecule has 0 bridgehead atoms. The quantitative estimate of drug-likeness (QED) is 0.161. The zero-order chi connectivity index (χ0) is 41.7. The predicted molar refractivity (Wildman–Crippen MR) is 227 cm³/mol. The fraction of sp³-hybridized carbons (Fsp3) is 0.170. The molecule has 6 aromatic heterocycles. The molecule has 12 heteroatoms. The normalized spacial score (nSPS) is 12.3. The smallest absolute Gasteiger partial charge is 0.408 e. The Hall–Kier alpha value is -7.05. The Balaban J connectivity index is 0.000000184. The van der Waals surface area contributed by atoms with Crippen LogP contribution in [-0.2, 0) is 4.74 Å². The van der Waals surface area contributed by atoms with Crippen molar-refractivity contribution in [2.75, 3.05) is 0 Å². The molecule has 3 N–H and O–H groups in total. The molecule has 6 heterocycles. The molecule has 59 heavy (non-hydrogen) atoms. The van der Waals surface area contributed by atoms with E-state index >= 15 is 0 Å². The highest BCUT2D eigenvalue weighted by Gasteiger charge is 2.26. The van der Waals surface area contributed by atoms with Crippen LogP contribution in [0.5, 0.6) is 0 Å². The number of nitrogens with two attached hydrogens (primary N) is 1. The maximum absolute atomic E-state index is 14.3. The lowest BCUT2D eigenvalue weighted by molar-refractivity contribution is 0.0507. The highest BCUT2D eigenvalue weighted by Crippen LogP contribution is 2.41. The van der Waals surface area contributed by atoms with E-state index < -0.39 is 17.7 Å². The number of aromatic nitrogens is 6. The average Bonchev–Trinajstić information content (AvgIpc) is 3.23. The van der Waals surface area contributed by atoms with Crippen molar-refractivity contribution in [1.82, 2.24) is 35.2 Å². The minimum absolute atomic E-state index is 0.316. The fourth-order valence-electron chi connectivity index (χ4n) is 6.80. The first kappa shape index (κ1) is 40.2. The van der Waals surface area contributed by atoms with Crippen LogP contribution in [0.1, 0.15) is 58.1 Å². The molecule has 8 rings (SSSR count). The summed E-state index contributed by atoms with van der Waals surface area (Å²) >= 11 is 0. The summed E-state index contributed by atoms with van der Waals surface area (Å²) in [4.78, 5) is 40.1.